The standard InChI is InChI=1S/C24H29N5O2S/c1-5-19-29-20(16-8-9-16)21(32-19)18-12-13-25-22(28-18)27-17-10-6-15(7-11-17)14-26-23(30)31-24(2,3)4/h6-7,10-13,16H,5,8-9,14H2,1-4H3,(H,26,30)(H,25,27,28). The monoisotopic (exact) mass is 451 g/mol. The molecule has 0 saturated heterocycles. The van der Waals surface area contributed by atoms with Crippen LogP contribution in [0, 0.1) is 0 Å². The van der Waals surface area contributed by atoms with Gasteiger partial charge in [0.25, 0.3) is 0 Å². The summed E-state index contributed by atoms with van der Waals surface area (Å²) in [6, 6.07) is 9.74. The molecule has 7 nitrogen and oxygen atoms in total. The van der Waals surface area contributed by atoms with Gasteiger partial charge in [-0.15, -0.1) is 11.3 Å². The van der Waals surface area contributed by atoms with E-state index >= 15 is 0 Å². The first kappa shape index (κ1) is 22.2. The maximum Gasteiger partial charge on any atom is 0.407 e. The number of benzene rings is 1. The maximum absolute atomic E-state index is 11.8. The molecule has 2 heterocycles. The van der Waals surface area contributed by atoms with E-state index in [1.807, 2.05) is 51.1 Å². The van der Waals surface area contributed by atoms with Crippen molar-refractivity contribution in [3.63, 3.8) is 0 Å². The Morgan fingerprint density at radius 3 is 2.56 bits per heavy atom. The van der Waals surface area contributed by atoms with Crippen LogP contribution in [0.5, 0.6) is 0 Å². The van der Waals surface area contributed by atoms with Crippen molar-refractivity contribution < 1.29 is 9.53 Å². The number of hydrogen-bond donors (Lipinski definition) is 2. The number of nitrogens with zero attached hydrogens (tertiary/aromatic N) is 3. The number of thiazole rings is 1. The number of rotatable bonds is 7. The fourth-order valence-corrected chi connectivity index (χ4v) is 4.27. The van der Waals surface area contributed by atoms with E-state index in [0.29, 0.717) is 18.4 Å². The van der Waals surface area contributed by atoms with E-state index in [0.717, 1.165) is 28.4 Å². The van der Waals surface area contributed by atoms with Crippen LogP contribution in [-0.4, -0.2) is 26.6 Å². The van der Waals surface area contributed by atoms with Gasteiger partial charge in [-0.3, -0.25) is 0 Å². The lowest BCUT2D eigenvalue weighted by atomic mass is 10.2. The van der Waals surface area contributed by atoms with Crippen LogP contribution in [0.15, 0.2) is 36.5 Å². The quantitative estimate of drug-likeness (QED) is 0.471. The number of alkyl carbamates (subject to hydrolysis) is 1. The third kappa shape index (κ3) is 5.82. The number of carbonyl (C=O) groups is 1. The molecule has 2 N–H and O–H groups in total. The van der Waals surface area contributed by atoms with Gasteiger partial charge in [0.05, 0.1) is 21.3 Å². The number of aryl methyl sites for hydroxylation is 1. The number of amides is 1. The molecule has 168 valence electrons. The van der Waals surface area contributed by atoms with Gasteiger partial charge in [0.2, 0.25) is 5.95 Å². The fraction of sp³-hybridized carbons (Fsp3) is 0.417. The number of carbonyl (C=O) groups excluding carboxylic acids is 1. The van der Waals surface area contributed by atoms with Gasteiger partial charge in [0, 0.05) is 24.3 Å². The summed E-state index contributed by atoms with van der Waals surface area (Å²) in [5.74, 6) is 1.13. The first-order valence-electron chi connectivity index (χ1n) is 11.0. The second kappa shape index (κ2) is 9.24. The summed E-state index contributed by atoms with van der Waals surface area (Å²) in [5.41, 5.74) is 3.45. The van der Waals surface area contributed by atoms with E-state index in [4.69, 9.17) is 14.7 Å². The van der Waals surface area contributed by atoms with Crippen molar-refractivity contribution in [3.8, 4) is 10.6 Å². The molecule has 1 amide bonds. The summed E-state index contributed by atoms with van der Waals surface area (Å²) in [4.78, 5) is 26.9. The zero-order chi connectivity index (χ0) is 22.7. The number of nitrogens with one attached hydrogen (secondary N) is 2. The molecule has 0 spiro atoms. The molecule has 32 heavy (non-hydrogen) atoms. The first-order valence-corrected chi connectivity index (χ1v) is 11.8. The normalized spacial score (nSPS) is 13.6. The lowest BCUT2D eigenvalue weighted by molar-refractivity contribution is 0.0523. The largest absolute Gasteiger partial charge is 0.444 e. The summed E-state index contributed by atoms with van der Waals surface area (Å²) < 4.78 is 5.26. The second-order valence-electron chi connectivity index (χ2n) is 8.89. The SMILES string of the molecule is CCc1nc(C2CC2)c(-c2ccnc(Nc3ccc(CNC(=O)OC(C)(C)C)cc3)n2)s1. The van der Waals surface area contributed by atoms with Crippen LogP contribution in [0.3, 0.4) is 0 Å². The lowest BCUT2D eigenvalue weighted by Crippen LogP contribution is -2.32. The molecule has 0 unspecified atom stereocenters. The predicted molar refractivity (Wildman–Crippen MR) is 127 cm³/mol. The van der Waals surface area contributed by atoms with Crippen molar-refractivity contribution in [3.05, 3.63) is 52.8 Å². The van der Waals surface area contributed by atoms with Crippen LogP contribution in [0.1, 0.15) is 62.7 Å². The van der Waals surface area contributed by atoms with E-state index in [1.54, 1.807) is 17.5 Å². The van der Waals surface area contributed by atoms with E-state index in [9.17, 15) is 4.79 Å². The molecule has 3 aromatic rings. The molecule has 1 aliphatic carbocycles. The van der Waals surface area contributed by atoms with Crippen LogP contribution < -0.4 is 10.6 Å². The molecule has 1 aromatic carbocycles. The van der Waals surface area contributed by atoms with Gasteiger partial charge in [-0.25, -0.2) is 19.7 Å². The highest BCUT2D eigenvalue weighted by molar-refractivity contribution is 7.15. The zero-order valence-corrected chi connectivity index (χ0v) is 19.8. The van der Waals surface area contributed by atoms with Gasteiger partial charge in [0.15, 0.2) is 0 Å². The number of anilines is 2. The number of aromatic nitrogens is 3. The van der Waals surface area contributed by atoms with Gasteiger partial charge in [0.1, 0.15) is 5.60 Å². The molecular formula is C24H29N5O2S. The Kier molecular flexibility index (Phi) is 6.41. The van der Waals surface area contributed by atoms with Crippen LogP contribution >= 0.6 is 11.3 Å². The summed E-state index contributed by atoms with van der Waals surface area (Å²) >= 11 is 1.73. The average Bonchev–Trinajstić information content (AvgIpc) is 3.50. The summed E-state index contributed by atoms with van der Waals surface area (Å²) in [6.45, 7) is 8.06. The van der Waals surface area contributed by atoms with Crippen molar-refractivity contribution in [2.24, 2.45) is 0 Å². The van der Waals surface area contributed by atoms with Gasteiger partial charge in [-0.1, -0.05) is 19.1 Å². The van der Waals surface area contributed by atoms with E-state index in [-0.39, 0.29) is 0 Å². The van der Waals surface area contributed by atoms with Gasteiger partial charge in [-0.2, -0.15) is 0 Å². The van der Waals surface area contributed by atoms with Crippen molar-refractivity contribution in [2.45, 2.75) is 65.0 Å². The fourth-order valence-electron chi connectivity index (χ4n) is 3.22. The third-order valence-corrected chi connectivity index (χ3v) is 6.14. The Hall–Kier alpha value is -3.00. The highest BCUT2D eigenvalue weighted by atomic mass is 32.1. The molecule has 0 atom stereocenters. The van der Waals surface area contributed by atoms with Crippen molar-refractivity contribution >= 4 is 29.1 Å². The predicted octanol–water partition coefficient (Wildman–Crippen LogP) is 5.81. The Balaban J connectivity index is 1.41. The minimum Gasteiger partial charge on any atom is -0.444 e. The molecule has 2 aromatic heterocycles. The van der Waals surface area contributed by atoms with E-state index in [2.05, 4.69) is 22.5 Å². The topological polar surface area (TPSA) is 89.0 Å². The average molecular weight is 452 g/mol. The van der Waals surface area contributed by atoms with Gasteiger partial charge in [-0.05, 0) is 63.8 Å². The number of ether oxygens (including phenoxy) is 1. The van der Waals surface area contributed by atoms with E-state index < -0.39 is 11.7 Å². The Labute approximate surface area is 192 Å². The summed E-state index contributed by atoms with van der Waals surface area (Å²) in [7, 11) is 0. The third-order valence-electron chi connectivity index (χ3n) is 4.90. The van der Waals surface area contributed by atoms with Crippen LogP contribution in [-0.2, 0) is 17.7 Å². The molecule has 0 radical (unpaired) electrons. The molecule has 1 saturated carbocycles. The molecule has 4 rings (SSSR count). The van der Waals surface area contributed by atoms with Crippen LogP contribution in [0.2, 0.25) is 0 Å². The Bertz CT molecular complexity index is 1080. The minimum atomic E-state index is -0.511. The minimum absolute atomic E-state index is 0.399. The van der Waals surface area contributed by atoms with Crippen molar-refractivity contribution in [1.82, 2.24) is 20.3 Å². The van der Waals surface area contributed by atoms with E-state index in [1.165, 1.54) is 23.4 Å². The number of hydrogen-bond acceptors (Lipinski definition) is 7. The van der Waals surface area contributed by atoms with Crippen LogP contribution in [0.4, 0.5) is 16.4 Å². The molecule has 0 bridgehead atoms. The van der Waals surface area contributed by atoms with Crippen molar-refractivity contribution in [1.29, 1.82) is 0 Å². The smallest absolute Gasteiger partial charge is 0.407 e. The lowest BCUT2D eigenvalue weighted by Gasteiger charge is -2.19. The maximum atomic E-state index is 11.8. The van der Waals surface area contributed by atoms with Gasteiger partial charge < -0.3 is 15.4 Å². The first-order chi connectivity index (χ1) is 15.3. The molecular weight excluding hydrogens is 422 g/mol. The molecule has 0 aliphatic heterocycles. The summed E-state index contributed by atoms with van der Waals surface area (Å²) in [6.07, 6.45) is 4.72. The second-order valence-corrected chi connectivity index (χ2v) is 9.98. The molecule has 1 fully saturated rings. The zero-order valence-electron chi connectivity index (χ0n) is 18.9. The molecule has 8 heteroatoms. The summed E-state index contributed by atoms with van der Waals surface area (Å²) in [5, 5.41) is 7.20. The highest BCUT2D eigenvalue weighted by Crippen LogP contribution is 2.45. The van der Waals surface area contributed by atoms with Gasteiger partial charge >= 0.3 is 6.09 Å². The Morgan fingerprint density at radius 1 is 1.16 bits per heavy atom. The highest BCUT2D eigenvalue weighted by Gasteiger charge is 2.30. The van der Waals surface area contributed by atoms with Crippen LogP contribution in [0.25, 0.3) is 10.6 Å². The Morgan fingerprint density at radius 2 is 1.91 bits per heavy atom. The van der Waals surface area contributed by atoms with Crippen molar-refractivity contribution in [2.75, 3.05) is 5.32 Å². The molecule has 1 aliphatic rings.